The van der Waals surface area contributed by atoms with Gasteiger partial charge in [0.2, 0.25) is 0 Å². The lowest BCUT2D eigenvalue weighted by Gasteiger charge is -2.38. The van der Waals surface area contributed by atoms with Gasteiger partial charge in [0.05, 0.1) is 23.0 Å². The van der Waals surface area contributed by atoms with Crippen molar-refractivity contribution in [2.45, 2.75) is 71.3 Å². The number of halogens is 3. The highest BCUT2D eigenvalue weighted by Crippen LogP contribution is 2.35. The number of carbonyl (C=O) groups is 1. The number of imidazole rings is 1. The maximum absolute atomic E-state index is 13.0. The summed E-state index contributed by atoms with van der Waals surface area (Å²) in [6, 6.07) is 4.85. The third kappa shape index (κ3) is 5.16. The second-order valence-electron chi connectivity index (χ2n) is 8.93. The van der Waals surface area contributed by atoms with Crippen LogP contribution in [-0.4, -0.2) is 32.7 Å². The van der Waals surface area contributed by atoms with Crippen LogP contribution >= 0.6 is 0 Å². The van der Waals surface area contributed by atoms with Crippen LogP contribution in [0.4, 0.5) is 18.0 Å². The van der Waals surface area contributed by atoms with Gasteiger partial charge >= 0.3 is 12.3 Å². The summed E-state index contributed by atoms with van der Waals surface area (Å²) in [6.45, 7) is 12.5. The fraction of sp³-hybridized carbons (Fsp3) is 0.500. The third-order valence-corrected chi connectivity index (χ3v) is 5.50. The smallest absolute Gasteiger partial charge is 0.416 e. The van der Waals surface area contributed by atoms with Crippen molar-refractivity contribution in [2.75, 3.05) is 6.54 Å². The average molecular weight is 450 g/mol. The Labute approximate surface area is 186 Å². The molecule has 0 saturated heterocycles. The molecule has 0 fully saturated rings. The van der Waals surface area contributed by atoms with Gasteiger partial charge in [-0.25, -0.2) is 9.78 Å². The van der Waals surface area contributed by atoms with Gasteiger partial charge in [0.25, 0.3) is 0 Å². The SMILES string of the molecule is C=Cc1nc(CC)n2c1C(CCc1ccc(C(F)(F)F)cc1)N(C(=O)OC(C)(C)C)CC2. The molecule has 0 aliphatic carbocycles. The van der Waals surface area contributed by atoms with Gasteiger partial charge in [-0.1, -0.05) is 25.6 Å². The molecule has 1 aliphatic heterocycles. The van der Waals surface area contributed by atoms with Crippen LogP contribution in [0.1, 0.15) is 68.5 Å². The van der Waals surface area contributed by atoms with E-state index in [0.717, 1.165) is 41.3 Å². The number of fused-ring (bicyclic) bond motifs is 1. The Bertz CT molecular complexity index is 972. The topological polar surface area (TPSA) is 47.4 Å². The molecule has 1 amide bonds. The summed E-state index contributed by atoms with van der Waals surface area (Å²) in [5.41, 5.74) is 1.10. The third-order valence-electron chi connectivity index (χ3n) is 5.50. The Kier molecular flexibility index (Phi) is 6.72. The minimum Gasteiger partial charge on any atom is -0.444 e. The van der Waals surface area contributed by atoms with E-state index in [1.165, 1.54) is 12.1 Å². The Balaban J connectivity index is 1.91. The molecule has 174 valence electrons. The molecule has 2 heterocycles. The number of aryl methyl sites for hydroxylation is 2. The predicted octanol–water partition coefficient (Wildman–Crippen LogP) is 6.03. The zero-order valence-electron chi connectivity index (χ0n) is 19.0. The summed E-state index contributed by atoms with van der Waals surface area (Å²) in [6.07, 6.45) is -1.30. The van der Waals surface area contributed by atoms with Crippen molar-refractivity contribution in [2.24, 2.45) is 0 Å². The quantitative estimate of drug-likeness (QED) is 0.560. The van der Waals surface area contributed by atoms with Gasteiger partial charge in [0.15, 0.2) is 0 Å². The predicted molar refractivity (Wildman–Crippen MR) is 117 cm³/mol. The van der Waals surface area contributed by atoms with Crippen LogP contribution in [0, 0.1) is 0 Å². The van der Waals surface area contributed by atoms with Gasteiger partial charge in [0, 0.05) is 19.5 Å². The second-order valence-corrected chi connectivity index (χ2v) is 8.93. The minimum atomic E-state index is -4.36. The van der Waals surface area contributed by atoms with Gasteiger partial charge in [-0.2, -0.15) is 13.2 Å². The molecule has 32 heavy (non-hydrogen) atoms. The first-order valence-corrected chi connectivity index (χ1v) is 10.8. The summed E-state index contributed by atoms with van der Waals surface area (Å²) < 4.78 is 46.4. The number of ether oxygens (including phenoxy) is 1. The Hall–Kier alpha value is -2.77. The number of carbonyl (C=O) groups excluding carboxylic acids is 1. The van der Waals surface area contributed by atoms with Crippen LogP contribution in [0.25, 0.3) is 6.08 Å². The zero-order chi connectivity index (χ0) is 23.7. The van der Waals surface area contributed by atoms with Crippen molar-refractivity contribution >= 4 is 12.2 Å². The standard InChI is InChI=1S/C24H30F3N3O2/c1-6-18-21-19(13-10-16-8-11-17(12-9-16)24(25,26)27)29(22(31)32-23(3,4)5)14-15-30(21)20(7-2)28-18/h6,8-9,11-12,19H,1,7,10,13-15H2,2-5H3. The number of amides is 1. The first-order chi connectivity index (χ1) is 14.9. The van der Waals surface area contributed by atoms with E-state index in [1.807, 2.05) is 27.7 Å². The normalized spacial score (nSPS) is 16.6. The highest BCUT2D eigenvalue weighted by Gasteiger charge is 2.37. The van der Waals surface area contributed by atoms with E-state index in [1.54, 1.807) is 11.0 Å². The Morgan fingerprint density at radius 3 is 2.41 bits per heavy atom. The van der Waals surface area contributed by atoms with Crippen LogP contribution in [0.3, 0.4) is 0 Å². The van der Waals surface area contributed by atoms with Crippen molar-refractivity contribution in [1.29, 1.82) is 0 Å². The molecular formula is C24H30F3N3O2. The lowest BCUT2D eigenvalue weighted by Crippen LogP contribution is -2.45. The molecule has 1 unspecified atom stereocenters. The van der Waals surface area contributed by atoms with Gasteiger partial charge in [-0.15, -0.1) is 0 Å². The summed E-state index contributed by atoms with van der Waals surface area (Å²) in [7, 11) is 0. The van der Waals surface area contributed by atoms with Crippen LogP contribution in [0.5, 0.6) is 0 Å². The first kappa shape index (κ1) is 23.9. The van der Waals surface area contributed by atoms with Crippen molar-refractivity contribution < 1.29 is 22.7 Å². The number of hydrogen-bond donors (Lipinski definition) is 0. The minimum absolute atomic E-state index is 0.318. The molecule has 5 nitrogen and oxygen atoms in total. The summed E-state index contributed by atoms with van der Waals surface area (Å²) >= 11 is 0. The van der Waals surface area contributed by atoms with Crippen LogP contribution in [0.15, 0.2) is 30.8 Å². The summed E-state index contributed by atoms with van der Waals surface area (Å²) in [5.74, 6) is 0.929. The first-order valence-electron chi connectivity index (χ1n) is 10.8. The van der Waals surface area contributed by atoms with Crippen molar-refractivity contribution in [3.8, 4) is 0 Å². The van der Waals surface area contributed by atoms with Crippen LogP contribution in [-0.2, 0) is 30.3 Å². The number of nitrogens with zero attached hydrogens (tertiary/aromatic N) is 3. The number of hydrogen-bond acceptors (Lipinski definition) is 3. The van der Waals surface area contributed by atoms with E-state index in [0.29, 0.717) is 25.9 Å². The van der Waals surface area contributed by atoms with Gasteiger partial charge in [-0.05, 0) is 57.4 Å². The van der Waals surface area contributed by atoms with Crippen LogP contribution in [0.2, 0.25) is 0 Å². The highest BCUT2D eigenvalue weighted by atomic mass is 19.4. The summed E-state index contributed by atoms with van der Waals surface area (Å²) in [4.78, 5) is 19.4. The van der Waals surface area contributed by atoms with E-state index >= 15 is 0 Å². The number of alkyl halides is 3. The maximum atomic E-state index is 13.0. The van der Waals surface area contributed by atoms with E-state index in [4.69, 9.17) is 4.74 Å². The number of aromatic nitrogens is 2. The Morgan fingerprint density at radius 2 is 1.88 bits per heavy atom. The zero-order valence-corrected chi connectivity index (χ0v) is 19.0. The van der Waals surface area contributed by atoms with E-state index in [-0.39, 0.29) is 6.04 Å². The van der Waals surface area contributed by atoms with E-state index in [9.17, 15) is 18.0 Å². The highest BCUT2D eigenvalue weighted by molar-refractivity contribution is 5.69. The number of rotatable bonds is 5. The molecule has 0 bridgehead atoms. The molecule has 8 heteroatoms. The van der Waals surface area contributed by atoms with E-state index < -0.39 is 23.4 Å². The fourth-order valence-corrected chi connectivity index (χ4v) is 4.06. The second kappa shape index (κ2) is 9.00. The van der Waals surface area contributed by atoms with Gasteiger partial charge in [0.1, 0.15) is 11.4 Å². The molecule has 1 aliphatic rings. The average Bonchev–Trinajstić information content (AvgIpc) is 3.08. The molecule has 0 saturated carbocycles. The Morgan fingerprint density at radius 1 is 1.22 bits per heavy atom. The molecular weight excluding hydrogens is 419 g/mol. The molecule has 0 radical (unpaired) electrons. The largest absolute Gasteiger partial charge is 0.444 e. The lowest BCUT2D eigenvalue weighted by molar-refractivity contribution is -0.137. The fourth-order valence-electron chi connectivity index (χ4n) is 4.06. The molecule has 2 aromatic rings. The molecule has 1 atom stereocenters. The number of benzene rings is 1. The maximum Gasteiger partial charge on any atom is 0.416 e. The van der Waals surface area contributed by atoms with Crippen molar-refractivity contribution in [1.82, 2.24) is 14.5 Å². The molecule has 1 aromatic carbocycles. The lowest BCUT2D eigenvalue weighted by atomic mass is 9.98. The monoisotopic (exact) mass is 449 g/mol. The van der Waals surface area contributed by atoms with Gasteiger partial charge in [-0.3, -0.25) is 4.90 Å². The van der Waals surface area contributed by atoms with Crippen molar-refractivity contribution in [3.05, 3.63) is 59.2 Å². The molecule has 0 N–H and O–H groups in total. The van der Waals surface area contributed by atoms with Gasteiger partial charge < -0.3 is 9.30 Å². The molecule has 0 spiro atoms. The molecule has 1 aromatic heterocycles. The van der Waals surface area contributed by atoms with E-state index in [2.05, 4.69) is 16.1 Å². The summed E-state index contributed by atoms with van der Waals surface area (Å²) in [5, 5.41) is 0. The van der Waals surface area contributed by atoms with Crippen molar-refractivity contribution in [3.63, 3.8) is 0 Å². The van der Waals surface area contributed by atoms with Crippen LogP contribution < -0.4 is 0 Å². The molecule has 3 rings (SSSR count).